The van der Waals surface area contributed by atoms with Crippen LogP contribution in [0, 0.1) is 11.8 Å². The van der Waals surface area contributed by atoms with Crippen LogP contribution in [0.25, 0.3) is 0 Å². The van der Waals surface area contributed by atoms with Crippen molar-refractivity contribution in [2.45, 2.75) is 122 Å². The largest absolute Gasteiger partial charge is 0.478 e. The van der Waals surface area contributed by atoms with E-state index >= 15 is 0 Å². The minimum Gasteiger partial charge on any atom is -0.478 e. The number of carbonyl (C=O) groups is 3. The van der Waals surface area contributed by atoms with E-state index in [9.17, 15) is 19.5 Å². The Morgan fingerprint density at radius 3 is 1.57 bits per heavy atom. The SMILES string of the molecule is CC1(C)CC(=O)C(C)(C)c2nc(N(CC3CC3)c3ccc(C(=O)O)cn3)sc21.CC1(C)CC(O)C(C)(C)c2nc(N(CC3CC3)c3ccc(C(=O)O)cn3)sc21. The molecule has 56 heavy (non-hydrogen) atoms. The molecule has 0 spiro atoms. The van der Waals surface area contributed by atoms with Crippen molar-refractivity contribution in [1.82, 2.24) is 19.9 Å². The second kappa shape index (κ2) is 14.3. The number of thiazole rings is 2. The average Bonchev–Trinajstić information content (AvgIpc) is 4.04. The summed E-state index contributed by atoms with van der Waals surface area (Å²) in [6.07, 6.45) is 8.36. The number of carboxylic acid groups (broad SMARTS) is 2. The van der Waals surface area contributed by atoms with Crippen molar-refractivity contribution in [1.29, 1.82) is 0 Å². The zero-order valence-electron chi connectivity index (χ0n) is 33.4. The number of aliphatic hydroxyl groups is 1. The summed E-state index contributed by atoms with van der Waals surface area (Å²) < 4.78 is 0. The second-order valence-electron chi connectivity index (χ2n) is 18.3. The van der Waals surface area contributed by atoms with Crippen molar-refractivity contribution in [2.75, 3.05) is 22.9 Å². The zero-order chi connectivity index (χ0) is 40.5. The average molecular weight is 801 g/mol. The molecule has 4 aromatic rings. The van der Waals surface area contributed by atoms with Gasteiger partial charge < -0.3 is 25.1 Å². The number of aliphatic hydroxyl groups excluding tert-OH is 1. The number of hydrogen-bond donors (Lipinski definition) is 3. The molecule has 0 aromatic carbocycles. The molecule has 0 amide bonds. The van der Waals surface area contributed by atoms with Crippen LogP contribution in [-0.4, -0.2) is 72.2 Å². The fourth-order valence-corrected chi connectivity index (χ4v) is 10.2. The smallest absolute Gasteiger partial charge is 0.337 e. The Labute approximate surface area is 336 Å². The van der Waals surface area contributed by atoms with Gasteiger partial charge in [0.15, 0.2) is 10.3 Å². The molecule has 4 aliphatic rings. The molecule has 1 atom stereocenters. The quantitative estimate of drug-likeness (QED) is 0.140. The first kappa shape index (κ1) is 39.9. The molecule has 298 valence electrons. The maximum Gasteiger partial charge on any atom is 0.337 e. The van der Waals surface area contributed by atoms with Crippen molar-refractivity contribution in [2.24, 2.45) is 11.8 Å². The summed E-state index contributed by atoms with van der Waals surface area (Å²) in [5.74, 6) is 0.899. The number of aromatic nitrogens is 4. The lowest BCUT2D eigenvalue weighted by molar-refractivity contribution is -0.125. The first-order valence-electron chi connectivity index (χ1n) is 19.4. The van der Waals surface area contributed by atoms with E-state index in [-0.39, 0.29) is 27.7 Å². The Kier molecular flexibility index (Phi) is 10.2. The summed E-state index contributed by atoms with van der Waals surface area (Å²) in [5, 5.41) is 30.7. The molecule has 3 N–H and O–H groups in total. The molecule has 4 aromatic heterocycles. The molecule has 8 rings (SSSR count). The fraction of sp³-hybridized carbons (Fsp3) is 0.548. The first-order valence-corrected chi connectivity index (χ1v) is 21.0. The number of rotatable bonds is 10. The Morgan fingerprint density at radius 2 is 1.16 bits per heavy atom. The van der Waals surface area contributed by atoms with Crippen LogP contribution >= 0.6 is 22.7 Å². The molecule has 0 aliphatic heterocycles. The third-order valence-electron chi connectivity index (χ3n) is 11.8. The topological polar surface area (TPSA) is 170 Å². The van der Waals surface area contributed by atoms with Gasteiger partial charge in [-0.3, -0.25) is 4.79 Å². The molecule has 14 heteroatoms. The van der Waals surface area contributed by atoms with Gasteiger partial charge >= 0.3 is 11.9 Å². The van der Waals surface area contributed by atoms with E-state index in [0.29, 0.717) is 30.5 Å². The number of Topliss-reactive ketones (excluding diaryl/α,β-unsaturated/α-hetero) is 1. The van der Waals surface area contributed by atoms with Crippen LogP contribution in [0.4, 0.5) is 21.9 Å². The highest BCUT2D eigenvalue weighted by Crippen LogP contribution is 2.51. The maximum atomic E-state index is 12.7. The van der Waals surface area contributed by atoms with Crippen molar-refractivity contribution in [3.05, 3.63) is 68.9 Å². The molecule has 0 saturated heterocycles. The van der Waals surface area contributed by atoms with E-state index < -0.39 is 28.9 Å². The number of carboxylic acids is 2. The standard InChI is InChI=1S/C21H27N3O3S.C21H25N3O3S/c2*1-20(2)9-14(25)21(3,4)16-17(20)28-19(23-16)24(11-12-5-6-12)15-8-7-13(10-22-15)18(26)27/h7-8,10,12,14,25H,5-6,9,11H2,1-4H3,(H,26,27);7-8,10,12H,5-6,9,11H2,1-4H3,(H,26,27). The van der Waals surface area contributed by atoms with E-state index in [1.807, 2.05) is 13.8 Å². The van der Waals surface area contributed by atoms with Crippen molar-refractivity contribution >= 4 is 62.3 Å². The normalized spacial score (nSPS) is 21.2. The van der Waals surface area contributed by atoms with Crippen molar-refractivity contribution in [3.63, 3.8) is 0 Å². The molecule has 12 nitrogen and oxygen atoms in total. The minimum atomic E-state index is -0.987. The van der Waals surface area contributed by atoms with E-state index in [4.69, 9.17) is 20.2 Å². The molecule has 0 bridgehead atoms. The number of nitrogens with zero attached hydrogens (tertiary/aromatic N) is 6. The van der Waals surface area contributed by atoms with Gasteiger partial charge in [0.25, 0.3) is 0 Å². The summed E-state index contributed by atoms with van der Waals surface area (Å²) in [7, 11) is 0. The summed E-state index contributed by atoms with van der Waals surface area (Å²) in [4.78, 5) is 60.3. The van der Waals surface area contributed by atoms with Gasteiger partial charge in [-0.05, 0) is 82.1 Å². The second-order valence-corrected chi connectivity index (χ2v) is 20.3. The van der Waals surface area contributed by atoms with Crippen LogP contribution in [0.15, 0.2) is 36.7 Å². The number of ketones is 1. The Bertz CT molecular complexity index is 2150. The van der Waals surface area contributed by atoms with Crippen LogP contribution in [0.5, 0.6) is 0 Å². The van der Waals surface area contributed by atoms with E-state index in [1.165, 1.54) is 43.0 Å². The first-order chi connectivity index (χ1) is 26.2. The summed E-state index contributed by atoms with van der Waals surface area (Å²) in [5.41, 5.74) is 0.836. The Morgan fingerprint density at radius 1 is 0.714 bits per heavy atom. The molecule has 0 radical (unpaired) electrons. The number of fused-ring (bicyclic) bond motifs is 2. The molecule has 4 heterocycles. The van der Waals surface area contributed by atoms with Crippen molar-refractivity contribution in [3.8, 4) is 0 Å². The van der Waals surface area contributed by atoms with E-state index in [0.717, 1.165) is 45.4 Å². The summed E-state index contributed by atoms with van der Waals surface area (Å²) in [6, 6.07) is 6.68. The van der Waals surface area contributed by atoms with E-state index in [2.05, 4.69) is 61.3 Å². The molecule has 4 aliphatic carbocycles. The fourth-order valence-electron chi connectivity index (χ4n) is 7.45. The van der Waals surface area contributed by atoms with Crippen LogP contribution in [0.3, 0.4) is 0 Å². The van der Waals surface area contributed by atoms with Crippen LogP contribution in [0.1, 0.15) is 136 Å². The lowest BCUT2D eigenvalue weighted by Crippen LogP contribution is -2.44. The van der Waals surface area contributed by atoms with Gasteiger partial charge in [-0.25, -0.2) is 29.5 Å². The molecule has 1 unspecified atom stereocenters. The Balaban J connectivity index is 0.000000172. The number of pyridine rings is 2. The summed E-state index contributed by atoms with van der Waals surface area (Å²) >= 11 is 3.31. The summed E-state index contributed by atoms with van der Waals surface area (Å²) in [6.45, 7) is 18.2. The van der Waals surface area contributed by atoms with Gasteiger partial charge in [-0.1, -0.05) is 41.5 Å². The number of carbonyl (C=O) groups excluding carboxylic acids is 1. The van der Waals surface area contributed by atoms with Crippen LogP contribution in [0.2, 0.25) is 0 Å². The number of aromatic carboxylic acids is 2. The zero-order valence-corrected chi connectivity index (χ0v) is 35.1. The highest BCUT2D eigenvalue weighted by molar-refractivity contribution is 7.16. The molecular formula is C42H52N6O6S2. The van der Waals surface area contributed by atoms with Crippen LogP contribution < -0.4 is 9.80 Å². The lowest BCUT2D eigenvalue weighted by Gasteiger charge is -2.41. The molecular weight excluding hydrogens is 749 g/mol. The highest BCUT2D eigenvalue weighted by Gasteiger charge is 2.48. The molecule has 2 fully saturated rings. The third-order valence-corrected chi connectivity index (χ3v) is 14.7. The maximum absolute atomic E-state index is 12.7. The van der Waals surface area contributed by atoms with Gasteiger partial charge in [-0.2, -0.15) is 0 Å². The highest BCUT2D eigenvalue weighted by atomic mass is 32.1. The van der Waals surface area contributed by atoms with Gasteiger partial charge in [0.1, 0.15) is 17.4 Å². The minimum absolute atomic E-state index is 0.133. The predicted octanol–water partition coefficient (Wildman–Crippen LogP) is 8.42. The van der Waals surface area contributed by atoms with Gasteiger partial charge in [-0.15, -0.1) is 22.7 Å². The lowest BCUT2D eigenvalue weighted by atomic mass is 9.67. The van der Waals surface area contributed by atoms with Gasteiger partial charge in [0.05, 0.1) is 34.0 Å². The number of hydrogen-bond acceptors (Lipinski definition) is 12. The van der Waals surface area contributed by atoms with Gasteiger partial charge in [0, 0.05) is 57.9 Å². The van der Waals surface area contributed by atoms with Crippen LogP contribution in [-0.2, 0) is 26.5 Å². The van der Waals surface area contributed by atoms with E-state index in [1.54, 1.807) is 46.9 Å². The number of anilines is 4. The van der Waals surface area contributed by atoms with Crippen molar-refractivity contribution < 1.29 is 29.7 Å². The Hall–Kier alpha value is -4.27. The monoisotopic (exact) mass is 800 g/mol. The predicted molar refractivity (Wildman–Crippen MR) is 218 cm³/mol. The molecule has 2 saturated carbocycles. The third kappa shape index (κ3) is 7.71. The van der Waals surface area contributed by atoms with Gasteiger partial charge in [0.2, 0.25) is 0 Å².